The number of H-pyrrole nitrogens is 1. The summed E-state index contributed by atoms with van der Waals surface area (Å²) in [6.07, 6.45) is 11.7. The fourth-order valence-electron chi connectivity index (χ4n) is 18.2. The molecule has 70 heavy (non-hydrogen) atoms. The van der Waals surface area contributed by atoms with Gasteiger partial charge < -0.3 is 52.0 Å². The molecule has 0 amide bonds. The third-order valence-electron chi connectivity index (χ3n) is 21.3. The summed E-state index contributed by atoms with van der Waals surface area (Å²) in [6.45, 7) is 10.0. The molecule has 2 heterocycles. The molecule has 10 rings (SSSR count). The third-order valence-corrected chi connectivity index (χ3v) is 21.3. The topological polar surface area (TPSA) is 254 Å². The largest absolute Gasteiger partial charge is 0.465 e. The van der Waals surface area contributed by atoms with Gasteiger partial charge in [0.25, 0.3) is 0 Å². The predicted octanol–water partition coefficient (Wildman–Crippen LogP) is 4.94. The van der Waals surface area contributed by atoms with Crippen molar-refractivity contribution in [2.45, 2.75) is 166 Å². The number of aliphatic imine (C=N–C) groups is 1. The van der Waals surface area contributed by atoms with E-state index in [0.29, 0.717) is 43.6 Å². The minimum Gasteiger partial charge on any atom is -0.465 e. The van der Waals surface area contributed by atoms with Crippen LogP contribution in [0.3, 0.4) is 0 Å². The highest BCUT2D eigenvalue weighted by molar-refractivity contribution is 6.00. The van der Waals surface area contributed by atoms with E-state index in [0.717, 1.165) is 37.7 Å². The zero-order chi connectivity index (χ0) is 49.9. The van der Waals surface area contributed by atoms with E-state index in [9.17, 15) is 35.1 Å². The molecule has 19 atom stereocenters. The summed E-state index contributed by atoms with van der Waals surface area (Å²) in [6, 6.07) is 1.96. The monoisotopic (exact) mass is 966 g/mol. The van der Waals surface area contributed by atoms with Crippen LogP contribution < -0.4 is 16.8 Å². The number of ether oxygens (including phenoxy) is 1. The van der Waals surface area contributed by atoms with E-state index in [1.165, 1.54) is 12.5 Å². The zero-order valence-corrected chi connectivity index (χ0v) is 42.0. The van der Waals surface area contributed by atoms with Crippen molar-refractivity contribution in [3.05, 3.63) is 46.9 Å². The van der Waals surface area contributed by atoms with E-state index in [2.05, 4.69) is 47.1 Å². The van der Waals surface area contributed by atoms with E-state index < -0.39 is 69.4 Å². The number of Topliss-reactive ketones (excluding diaryl/α,β-unsaturated/α-hetero) is 2. The van der Waals surface area contributed by atoms with Gasteiger partial charge in [0.05, 0.1) is 53.8 Å². The number of aromatic amines is 1. The number of carbonyl (C=O) groups is 3. The molecule has 11 N–H and O–H groups in total. The molecule has 0 aromatic carbocycles. The maximum absolute atomic E-state index is 15.2. The minimum absolute atomic E-state index is 0.0246. The lowest BCUT2D eigenvalue weighted by Crippen LogP contribution is -2.67. The fourth-order valence-corrected chi connectivity index (χ4v) is 18.2. The van der Waals surface area contributed by atoms with Gasteiger partial charge in [-0.05, 0) is 167 Å². The second kappa shape index (κ2) is 17.6. The smallest absolute Gasteiger partial charge is 0.313 e. The van der Waals surface area contributed by atoms with Crippen LogP contribution in [0.25, 0.3) is 0 Å². The zero-order valence-electron chi connectivity index (χ0n) is 42.0. The number of cyclic esters (lactones) is 1. The molecule has 9 aliphatic rings. The first-order valence-electron chi connectivity index (χ1n) is 26.7. The van der Waals surface area contributed by atoms with Crippen LogP contribution in [-0.4, -0.2) is 103 Å². The van der Waals surface area contributed by atoms with Crippen molar-refractivity contribution < 1.29 is 44.7 Å². The average molecular weight is 966 g/mol. The van der Waals surface area contributed by atoms with Crippen LogP contribution in [0.5, 0.6) is 0 Å². The molecule has 8 aliphatic carbocycles. The predicted molar refractivity (Wildman–Crippen MR) is 263 cm³/mol. The highest BCUT2D eigenvalue weighted by Crippen LogP contribution is 2.74. The number of fused-ring (bicyclic) bond motifs is 10. The summed E-state index contributed by atoms with van der Waals surface area (Å²) >= 11 is 0. The molecule has 14 heteroatoms. The summed E-state index contributed by atoms with van der Waals surface area (Å²) in [5.74, 6) is 4.18. The maximum atomic E-state index is 15.2. The molecule has 5 saturated carbocycles. The molecule has 1 aromatic heterocycles. The molecule has 0 unspecified atom stereocenters. The van der Waals surface area contributed by atoms with E-state index in [4.69, 9.17) is 16.2 Å². The van der Waals surface area contributed by atoms with Crippen molar-refractivity contribution >= 4 is 23.5 Å². The number of carbonyl (C=O) groups excluding carboxylic acids is 3. The molecule has 1 spiro atoms. The number of hydrogen-bond acceptors (Lipinski definition) is 11. The van der Waals surface area contributed by atoms with Crippen LogP contribution in [0.2, 0.25) is 0 Å². The minimum atomic E-state index is -1.80. The second-order valence-corrected chi connectivity index (χ2v) is 24.8. The Kier molecular flexibility index (Phi) is 12.5. The Balaban J connectivity index is 1.18. The van der Waals surface area contributed by atoms with E-state index in [-0.39, 0.29) is 116 Å². The van der Waals surface area contributed by atoms with E-state index in [1.54, 1.807) is 6.92 Å². The number of nitrogens with two attached hydrogens (primary N) is 2. The molecule has 2 bridgehead atoms. The van der Waals surface area contributed by atoms with Crippen LogP contribution in [0.1, 0.15) is 142 Å². The summed E-state index contributed by atoms with van der Waals surface area (Å²) in [5, 5.41) is 67.9. The summed E-state index contributed by atoms with van der Waals surface area (Å²) < 4.78 is 5.97. The van der Waals surface area contributed by atoms with Gasteiger partial charge in [-0.2, -0.15) is 0 Å². The van der Waals surface area contributed by atoms with Crippen molar-refractivity contribution in [2.75, 3.05) is 19.7 Å². The third kappa shape index (κ3) is 7.42. The number of aliphatic hydroxyl groups is 5. The number of allylic oxidation sites excluding steroid dienone is 3. The van der Waals surface area contributed by atoms with E-state index in [1.807, 2.05) is 25.4 Å². The highest BCUT2D eigenvalue weighted by atomic mass is 16.5. The Bertz CT molecular complexity index is 2420. The van der Waals surface area contributed by atoms with E-state index >= 15 is 4.79 Å². The molecule has 382 valence electrons. The van der Waals surface area contributed by atoms with Gasteiger partial charge in [-0.25, -0.2) is 0 Å². The quantitative estimate of drug-likeness (QED) is 0.0553. The number of nitrogens with one attached hydrogen (secondary N) is 2. The Hall–Kier alpha value is -4.00. The number of ketones is 2. The SMILES string of the molecule is CC(=O)CNC1=C2[C@H](CC[C@]3(CCN=C(N)N)[C@@H]4[C@H](CC#C[C@@H]([C@@H]5COC(=O)[C@@H]5c5cc[nH]c5)C[C@@]56CC[C@@](O)(C[C@@H](C)[C@@H]5CC=C5CC[C@@H](C)C[C@H]56)[C@]4(C)O)C[C@@]23O)[C@@]2(C)C[C@H](O)[C@H](O)C[C@H]2C1=O. The summed E-state index contributed by atoms with van der Waals surface area (Å²) in [4.78, 5) is 49.4. The molecular formula is C56H79N5O9. The van der Waals surface area contributed by atoms with Gasteiger partial charge in [-0.3, -0.25) is 19.4 Å². The van der Waals surface area contributed by atoms with Crippen LogP contribution in [0, 0.1) is 87.3 Å². The Morgan fingerprint density at radius 3 is 2.50 bits per heavy atom. The molecule has 14 nitrogen and oxygen atoms in total. The number of hydrogen-bond donors (Lipinski definition) is 9. The number of rotatable bonds is 8. The Morgan fingerprint density at radius 2 is 1.77 bits per heavy atom. The summed E-state index contributed by atoms with van der Waals surface area (Å²) in [7, 11) is 0. The van der Waals surface area contributed by atoms with Gasteiger partial charge in [0, 0.05) is 54.4 Å². The number of aromatic nitrogens is 1. The van der Waals surface area contributed by atoms with Gasteiger partial charge in [-0.15, -0.1) is 5.92 Å². The maximum Gasteiger partial charge on any atom is 0.313 e. The van der Waals surface area contributed by atoms with Crippen LogP contribution in [-0.2, 0) is 19.1 Å². The van der Waals surface area contributed by atoms with Gasteiger partial charge in [0.15, 0.2) is 11.7 Å². The molecular weight excluding hydrogens is 887 g/mol. The van der Waals surface area contributed by atoms with Crippen LogP contribution in [0.4, 0.5) is 0 Å². The normalized spacial score (nSPS) is 47.5. The highest BCUT2D eigenvalue weighted by Gasteiger charge is 2.76. The number of nitrogens with zero attached hydrogens (tertiary/aromatic N) is 1. The second-order valence-electron chi connectivity index (χ2n) is 24.8. The van der Waals surface area contributed by atoms with Crippen molar-refractivity contribution in [3.8, 4) is 11.8 Å². The lowest BCUT2D eigenvalue weighted by molar-refractivity contribution is -0.227. The number of esters is 1. The fraction of sp³-hybridized carbons (Fsp3) is 0.750. The average Bonchev–Trinajstić information content (AvgIpc) is 4.00. The van der Waals surface area contributed by atoms with Crippen LogP contribution >= 0.6 is 0 Å². The standard InChI is InChI=1S/C56H79N5O9/c1-30-9-10-33-11-12-38-31(2)23-55(68)17-16-53(38,40(33)21-30)24-34(37-29-70-49(66)44(37)36-14-19-59-28-36)7-6-8-35-25-56(69)45-39(13-15-54(56,18-20-60-50(57)58)48(35)52(55,5)67)51(4)26-43(64)42(63)22-41(51)47(65)46(45)61-27-32(3)62/h11,14,19,28,30-31,34-35,37-44,48,59,61,63-64,67-69H,8-10,12-13,15-18,20-27,29H2,1-5H3,(H4,57,58,60)/t30-,31-,34-,35-,37+,38+,39+,40-,41+,42-,43+,44-,48-,51-,52-,53+,54+,55-,56-/m1/s1. The molecule has 1 saturated heterocycles. The first-order valence-corrected chi connectivity index (χ1v) is 26.7. The van der Waals surface area contributed by atoms with Crippen molar-refractivity contribution in [3.63, 3.8) is 0 Å². The lowest BCUT2D eigenvalue weighted by atomic mass is 9.43. The van der Waals surface area contributed by atoms with Crippen LogP contribution in [0.15, 0.2) is 46.4 Å². The molecule has 1 aliphatic heterocycles. The van der Waals surface area contributed by atoms with Gasteiger partial charge in [0.1, 0.15) is 5.78 Å². The van der Waals surface area contributed by atoms with Crippen molar-refractivity contribution in [2.24, 2.45) is 91.9 Å². The molecule has 0 radical (unpaired) electrons. The first kappa shape index (κ1) is 49.6. The van der Waals surface area contributed by atoms with Crippen molar-refractivity contribution in [1.82, 2.24) is 10.3 Å². The lowest BCUT2D eigenvalue weighted by Gasteiger charge is -2.63. The van der Waals surface area contributed by atoms with Gasteiger partial charge in [-0.1, -0.05) is 38.3 Å². The Morgan fingerprint density at radius 1 is 0.986 bits per heavy atom. The Labute approximate surface area is 413 Å². The number of guanidine groups is 1. The first-order chi connectivity index (χ1) is 33.1. The summed E-state index contributed by atoms with van der Waals surface area (Å²) in [5.41, 5.74) is 7.46. The number of aliphatic hydroxyl groups excluding tert-OH is 2. The van der Waals surface area contributed by atoms with Crippen molar-refractivity contribution in [1.29, 1.82) is 0 Å². The molecule has 6 fully saturated rings. The van der Waals surface area contributed by atoms with Gasteiger partial charge >= 0.3 is 5.97 Å². The van der Waals surface area contributed by atoms with Gasteiger partial charge in [0.2, 0.25) is 0 Å². The molecule has 1 aromatic rings.